The van der Waals surface area contributed by atoms with Crippen LogP contribution in [0.2, 0.25) is 0 Å². The third-order valence-corrected chi connectivity index (χ3v) is 2.60. The molecule has 0 unspecified atom stereocenters. The zero-order chi connectivity index (χ0) is 11.9. The van der Waals surface area contributed by atoms with Crippen LogP contribution in [-0.4, -0.2) is 40.2 Å². The molecule has 1 aromatic heterocycles. The molecule has 2 rings (SSSR count). The van der Waals surface area contributed by atoms with Crippen molar-refractivity contribution in [2.24, 2.45) is 7.05 Å². The Labute approximate surface area is 93.4 Å². The first-order chi connectivity index (χ1) is 7.54. The summed E-state index contributed by atoms with van der Waals surface area (Å²) in [5.41, 5.74) is 1.36. The summed E-state index contributed by atoms with van der Waals surface area (Å²) in [7, 11) is 3.39. The van der Waals surface area contributed by atoms with E-state index in [0.717, 1.165) is 5.69 Å². The van der Waals surface area contributed by atoms with E-state index in [9.17, 15) is 9.59 Å². The largest absolute Gasteiger partial charge is 0.331 e. The molecule has 1 aromatic rings. The van der Waals surface area contributed by atoms with Crippen molar-refractivity contribution in [3.8, 4) is 0 Å². The lowest BCUT2D eigenvalue weighted by Crippen LogP contribution is -2.31. The second-order valence-corrected chi connectivity index (χ2v) is 3.86. The molecule has 1 aliphatic heterocycles. The molecule has 1 fully saturated rings. The number of hydrogen-bond acceptors (Lipinski definition) is 3. The smallest absolute Gasteiger partial charge is 0.318 e. The predicted molar refractivity (Wildman–Crippen MR) is 58.1 cm³/mol. The van der Waals surface area contributed by atoms with E-state index < -0.39 is 0 Å². The summed E-state index contributed by atoms with van der Waals surface area (Å²) in [6, 6.07) is -0.285. The fourth-order valence-corrected chi connectivity index (χ4v) is 1.82. The van der Waals surface area contributed by atoms with Crippen LogP contribution in [0.5, 0.6) is 0 Å². The highest BCUT2D eigenvalue weighted by Gasteiger charge is 2.36. The van der Waals surface area contributed by atoms with Gasteiger partial charge in [0.05, 0.1) is 11.4 Å². The van der Waals surface area contributed by atoms with Crippen LogP contribution in [0, 0.1) is 0 Å². The average molecular weight is 222 g/mol. The number of carbonyl (C=O) groups is 2. The van der Waals surface area contributed by atoms with E-state index in [2.05, 4.69) is 5.10 Å². The molecule has 1 aliphatic rings. The summed E-state index contributed by atoms with van der Waals surface area (Å²) in [5.74, 6) is -0.199. The highest BCUT2D eigenvalue weighted by atomic mass is 16.2. The number of urea groups is 1. The molecule has 3 amide bonds. The van der Waals surface area contributed by atoms with Gasteiger partial charge >= 0.3 is 6.03 Å². The van der Waals surface area contributed by atoms with Gasteiger partial charge in [0, 0.05) is 20.3 Å². The van der Waals surface area contributed by atoms with Crippen molar-refractivity contribution in [2.75, 3.05) is 18.5 Å². The van der Waals surface area contributed by atoms with E-state index in [1.807, 2.05) is 6.92 Å². The molecular weight excluding hydrogens is 208 g/mol. The van der Waals surface area contributed by atoms with Gasteiger partial charge in [0.1, 0.15) is 6.54 Å². The SMILES string of the molecule is CCc1nn(C)cc1N1C(=O)CN(C)C1=O. The Morgan fingerprint density at radius 1 is 1.38 bits per heavy atom. The van der Waals surface area contributed by atoms with Crippen molar-refractivity contribution in [3.05, 3.63) is 11.9 Å². The Bertz CT molecular complexity index is 452. The highest BCUT2D eigenvalue weighted by Crippen LogP contribution is 2.24. The standard InChI is InChI=1S/C10H14N4O2/c1-4-7-8(5-13(3)11-7)14-9(15)6-12(2)10(14)16/h5H,4,6H2,1-3H3. The number of amides is 3. The Balaban J connectivity index is 2.43. The number of anilines is 1. The predicted octanol–water partition coefficient (Wildman–Crippen LogP) is 0.381. The van der Waals surface area contributed by atoms with Crippen molar-refractivity contribution in [1.82, 2.24) is 14.7 Å². The van der Waals surface area contributed by atoms with Crippen LogP contribution >= 0.6 is 0 Å². The van der Waals surface area contributed by atoms with Crippen LogP contribution in [0.25, 0.3) is 0 Å². The maximum atomic E-state index is 11.8. The quantitative estimate of drug-likeness (QED) is 0.680. The van der Waals surface area contributed by atoms with E-state index in [1.165, 1.54) is 9.80 Å². The number of likely N-dealkylation sites (N-methyl/N-ethyl adjacent to an activating group) is 1. The van der Waals surface area contributed by atoms with Crippen LogP contribution in [0.15, 0.2) is 6.20 Å². The molecule has 0 atom stereocenters. The molecule has 0 bridgehead atoms. The summed E-state index contributed by atoms with van der Waals surface area (Å²) >= 11 is 0. The molecule has 0 aliphatic carbocycles. The van der Waals surface area contributed by atoms with E-state index in [0.29, 0.717) is 12.1 Å². The number of carbonyl (C=O) groups excluding carboxylic acids is 2. The van der Waals surface area contributed by atoms with Crippen LogP contribution < -0.4 is 4.90 Å². The fourth-order valence-electron chi connectivity index (χ4n) is 1.82. The molecule has 0 radical (unpaired) electrons. The minimum atomic E-state index is -0.285. The number of aryl methyl sites for hydroxylation is 2. The first-order valence-electron chi connectivity index (χ1n) is 5.15. The Kier molecular flexibility index (Phi) is 2.41. The zero-order valence-electron chi connectivity index (χ0n) is 9.60. The molecule has 1 saturated heterocycles. The lowest BCUT2D eigenvalue weighted by atomic mass is 10.3. The monoisotopic (exact) mass is 222 g/mol. The molecule has 86 valence electrons. The van der Waals surface area contributed by atoms with Gasteiger partial charge < -0.3 is 4.90 Å². The lowest BCUT2D eigenvalue weighted by Gasteiger charge is -2.12. The fraction of sp³-hybridized carbons (Fsp3) is 0.500. The number of imide groups is 1. The topological polar surface area (TPSA) is 58.4 Å². The van der Waals surface area contributed by atoms with E-state index in [4.69, 9.17) is 0 Å². The maximum absolute atomic E-state index is 11.8. The summed E-state index contributed by atoms with van der Waals surface area (Å²) in [6.45, 7) is 2.08. The molecule has 0 saturated carbocycles. The summed E-state index contributed by atoms with van der Waals surface area (Å²) in [6.07, 6.45) is 2.39. The van der Waals surface area contributed by atoms with Crippen molar-refractivity contribution < 1.29 is 9.59 Å². The molecule has 0 spiro atoms. The van der Waals surface area contributed by atoms with Crippen molar-refractivity contribution >= 4 is 17.6 Å². The lowest BCUT2D eigenvalue weighted by molar-refractivity contribution is -0.116. The summed E-state index contributed by atoms with van der Waals surface area (Å²) in [5, 5.41) is 4.22. The van der Waals surface area contributed by atoms with Crippen LogP contribution in [0.4, 0.5) is 10.5 Å². The van der Waals surface area contributed by atoms with Crippen molar-refractivity contribution in [2.45, 2.75) is 13.3 Å². The summed E-state index contributed by atoms with van der Waals surface area (Å²) < 4.78 is 1.62. The minimum absolute atomic E-state index is 0.136. The third-order valence-electron chi connectivity index (χ3n) is 2.60. The van der Waals surface area contributed by atoms with Gasteiger partial charge in [0.2, 0.25) is 0 Å². The minimum Gasteiger partial charge on any atom is -0.318 e. The van der Waals surface area contributed by atoms with Gasteiger partial charge in [-0.15, -0.1) is 0 Å². The van der Waals surface area contributed by atoms with Gasteiger partial charge in [-0.05, 0) is 6.42 Å². The second-order valence-electron chi connectivity index (χ2n) is 3.86. The van der Waals surface area contributed by atoms with Gasteiger partial charge in [0.25, 0.3) is 5.91 Å². The first kappa shape index (κ1) is 10.7. The second kappa shape index (κ2) is 3.62. The molecule has 16 heavy (non-hydrogen) atoms. The van der Waals surface area contributed by atoms with Crippen molar-refractivity contribution in [3.63, 3.8) is 0 Å². The van der Waals surface area contributed by atoms with Crippen LogP contribution in [0.3, 0.4) is 0 Å². The van der Waals surface area contributed by atoms with Gasteiger partial charge in [0.15, 0.2) is 0 Å². The molecule has 2 heterocycles. The molecule has 0 aromatic carbocycles. The molecule has 6 heteroatoms. The molecular formula is C10H14N4O2. The normalized spacial score (nSPS) is 16.4. The molecule has 0 N–H and O–H groups in total. The maximum Gasteiger partial charge on any atom is 0.331 e. The highest BCUT2D eigenvalue weighted by molar-refractivity contribution is 6.19. The number of aromatic nitrogens is 2. The Hall–Kier alpha value is -1.85. The number of hydrogen-bond donors (Lipinski definition) is 0. The van der Waals surface area contributed by atoms with E-state index in [-0.39, 0.29) is 18.5 Å². The first-order valence-corrected chi connectivity index (χ1v) is 5.15. The van der Waals surface area contributed by atoms with Crippen molar-refractivity contribution in [1.29, 1.82) is 0 Å². The number of nitrogens with zero attached hydrogens (tertiary/aromatic N) is 4. The van der Waals surface area contributed by atoms with E-state index in [1.54, 1.807) is 25.0 Å². The van der Waals surface area contributed by atoms with Gasteiger partial charge in [-0.1, -0.05) is 6.92 Å². The molecule has 6 nitrogen and oxygen atoms in total. The van der Waals surface area contributed by atoms with Gasteiger partial charge in [-0.2, -0.15) is 5.10 Å². The third kappa shape index (κ3) is 1.46. The Morgan fingerprint density at radius 3 is 2.56 bits per heavy atom. The summed E-state index contributed by atoms with van der Waals surface area (Å²) in [4.78, 5) is 26.1. The van der Waals surface area contributed by atoms with E-state index >= 15 is 0 Å². The van der Waals surface area contributed by atoms with Gasteiger partial charge in [-0.25, -0.2) is 9.69 Å². The average Bonchev–Trinajstić information content (AvgIpc) is 2.69. The Morgan fingerprint density at radius 2 is 2.06 bits per heavy atom. The number of rotatable bonds is 2. The van der Waals surface area contributed by atoms with Crippen LogP contribution in [-0.2, 0) is 18.3 Å². The van der Waals surface area contributed by atoms with Gasteiger partial charge in [-0.3, -0.25) is 9.48 Å². The zero-order valence-corrected chi connectivity index (χ0v) is 9.60. The van der Waals surface area contributed by atoms with Crippen LogP contribution in [0.1, 0.15) is 12.6 Å².